The van der Waals surface area contributed by atoms with E-state index in [0.717, 1.165) is 26.2 Å². The highest BCUT2D eigenvalue weighted by Gasteiger charge is 2.25. The first-order chi connectivity index (χ1) is 9.22. The summed E-state index contributed by atoms with van der Waals surface area (Å²) in [5.74, 6) is 0.135. The number of benzene rings is 1. The van der Waals surface area contributed by atoms with Crippen LogP contribution in [0.1, 0.15) is 13.8 Å². The molecule has 4 nitrogen and oxygen atoms in total. The molecule has 0 aliphatic carbocycles. The fourth-order valence-corrected chi connectivity index (χ4v) is 2.49. The minimum atomic E-state index is -0.0297. The van der Waals surface area contributed by atoms with Crippen molar-refractivity contribution in [3.63, 3.8) is 0 Å². The Hall–Kier alpha value is -1.55. The Kier molecular flexibility index (Phi) is 4.80. The molecule has 1 unspecified atom stereocenters. The van der Waals surface area contributed by atoms with Gasteiger partial charge in [-0.15, -0.1) is 0 Å². The lowest BCUT2D eigenvalue weighted by molar-refractivity contribution is -0.125. The van der Waals surface area contributed by atoms with E-state index in [0.29, 0.717) is 6.54 Å². The van der Waals surface area contributed by atoms with Crippen LogP contribution in [0.15, 0.2) is 30.3 Å². The van der Waals surface area contributed by atoms with Crippen LogP contribution >= 0.6 is 0 Å². The van der Waals surface area contributed by atoms with Crippen LogP contribution in [0.5, 0.6) is 0 Å². The van der Waals surface area contributed by atoms with Crippen molar-refractivity contribution in [2.45, 2.75) is 19.9 Å². The number of amides is 1. The number of hydrogen-bond donors (Lipinski definition) is 1. The summed E-state index contributed by atoms with van der Waals surface area (Å²) in [4.78, 5) is 16.5. The highest BCUT2D eigenvalue weighted by Crippen LogP contribution is 2.16. The van der Waals surface area contributed by atoms with Crippen LogP contribution in [-0.4, -0.2) is 49.6 Å². The van der Waals surface area contributed by atoms with Gasteiger partial charge in [0.05, 0.1) is 6.04 Å². The largest absolute Gasteiger partial charge is 0.369 e. The quantitative estimate of drug-likeness (QED) is 0.888. The van der Waals surface area contributed by atoms with Crippen LogP contribution in [0, 0.1) is 0 Å². The SMILES string of the molecule is CCNC(=O)C(C)N1CCN(c2ccccc2)CC1. The first-order valence-corrected chi connectivity index (χ1v) is 7.04. The van der Waals surface area contributed by atoms with E-state index in [1.807, 2.05) is 19.9 Å². The summed E-state index contributed by atoms with van der Waals surface area (Å²) < 4.78 is 0. The molecule has 104 valence electrons. The third-order valence-electron chi connectivity index (χ3n) is 3.71. The number of piperazine rings is 1. The molecule has 1 N–H and O–H groups in total. The van der Waals surface area contributed by atoms with Gasteiger partial charge in [0.15, 0.2) is 0 Å². The molecule has 1 amide bonds. The number of nitrogens with one attached hydrogen (secondary N) is 1. The number of carbonyl (C=O) groups excluding carboxylic acids is 1. The number of carbonyl (C=O) groups is 1. The average molecular weight is 261 g/mol. The van der Waals surface area contributed by atoms with E-state index in [9.17, 15) is 4.79 Å². The topological polar surface area (TPSA) is 35.6 Å². The van der Waals surface area contributed by atoms with Crippen molar-refractivity contribution < 1.29 is 4.79 Å². The summed E-state index contributed by atoms with van der Waals surface area (Å²) in [6.45, 7) is 8.48. The van der Waals surface area contributed by atoms with Gasteiger partial charge in [0.25, 0.3) is 0 Å². The number of rotatable bonds is 4. The van der Waals surface area contributed by atoms with E-state index >= 15 is 0 Å². The van der Waals surface area contributed by atoms with Gasteiger partial charge >= 0.3 is 0 Å². The highest BCUT2D eigenvalue weighted by atomic mass is 16.2. The normalized spacial score (nSPS) is 18.1. The summed E-state index contributed by atoms with van der Waals surface area (Å²) >= 11 is 0. The zero-order valence-corrected chi connectivity index (χ0v) is 11.8. The molecule has 0 spiro atoms. The van der Waals surface area contributed by atoms with E-state index in [2.05, 4.69) is 39.4 Å². The molecular weight excluding hydrogens is 238 g/mol. The molecule has 19 heavy (non-hydrogen) atoms. The molecule has 0 radical (unpaired) electrons. The number of nitrogens with zero attached hydrogens (tertiary/aromatic N) is 2. The zero-order valence-electron chi connectivity index (χ0n) is 11.8. The van der Waals surface area contributed by atoms with Crippen LogP contribution in [0.3, 0.4) is 0 Å². The summed E-state index contributed by atoms with van der Waals surface area (Å²) in [6, 6.07) is 10.4. The van der Waals surface area contributed by atoms with Gasteiger partial charge in [-0.2, -0.15) is 0 Å². The Morgan fingerprint density at radius 2 is 1.84 bits per heavy atom. The number of anilines is 1. The molecule has 1 heterocycles. The van der Waals surface area contributed by atoms with Crippen LogP contribution < -0.4 is 10.2 Å². The van der Waals surface area contributed by atoms with Gasteiger partial charge in [-0.1, -0.05) is 18.2 Å². The predicted molar refractivity (Wildman–Crippen MR) is 78.4 cm³/mol. The first kappa shape index (κ1) is 13.9. The molecule has 1 atom stereocenters. The van der Waals surface area contributed by atoms with Crippen LogP contribution in [0.2, 0.25) is 0 Å². The Balaban J connectivity index is 1.87. The lowest BCUT2D eigenvalue weighted by atomic mass is 10.2. The fraction of sp³-hybridized carbons (Fsp3) is 0.533. The van der Waals surface area contributed by atoms with E-state index < -0.39 is 0 Å². The molecular formula is C15H23N3O. The lowest BCUT2D eigenvalue weighted by Crippen LogP contribution is -2.54. The Morgan fingerprint density at radius 3 is 2.42 bits per heavy atom. The van der Waals surface area contributed by atoms with Crippen LogP contribution in [0.25, 0.3) is 0 Å². The molecule has 1 fully saturated rings. The standard InChI is InChI=1S/C15H23N3O/c1-3-16-15(19)13(2)17-9-11-18(12-10-17)14-7-5-4-6-8-14/h4-8,13H,3,9-12H2,1-2H3,(H,16,19). The van der Waals surface area contributed by atoms with Crippen molar-refractivity contribution >= 4 is 11.6 Å². The van der Waals surface area contributed by atoms with Crippen LogP contribution in [-0.2, 0) is 4.79 Å². The number of likely N-dealkylation sites (N-methyl/N-ethyl adjacent to an activating group) is 1. The second-order valence-electron chi connectivity index (χ2n) is 4.93. The maximum atomic E-state index is 11.8. The van der Waals surface area contributed by atoms with Gasteiger partial charge in [0.2, 0.25) is 5.91 Å². The van der Waals surface area contributed by atoms with Crippen molar-refractivity contribution in [2.75, 3.05) is 37.6 Å². The van der Waals surface area contributed by atoms with Crippen molar-refractivity contribution in [1.82, 2.24) is 10.2 Å². The zero-order chi connectivity index (χ0) is 13.7. The minimum absolute atomic E-state index is 0.0297. The Labute approximate surface area is 115 Å². The van der Waals surface area contributed by atoms with Gasteiger partial charge < -0.3 is 10.2 Å². The molecule has 0 aromatic heterocycles. The maximum Gasteiger partial charge on any atom is 0.237 e. The molecule has 0 bridgehead atoms. The Bertz CT molecular complexity index is 399. The third-order valence-corrected chi connectivity index (χ3v) is 3.71. The second kappa shape index (κ2) is 6.57. The number of hydrogen-bond acceptors (Lipinski definition) is 3. The van der Waals surface area contributed by atoms with Gasteiger partial charge in [0, 0.05) is 38.4 Å². The fourth-order valence-electron chi connectivity index (χ4n) is 2.49. The molecule has 1 aliphatic heterocycles. The van der Waals surface area contributed by atoms with Gasteiger partial charge in [-0.3, -0.25) is 9.69 Å². The Morgan fingerprint density at radius 1 is 1.21 bits per heavy atom. The van der Waals surface area contributed by atoms with Crippen molar-refractivity contribution in [3.05, 3.63) is 30.3 Å². The lowest BCUT2D eigenvalue weighted by Gasteiger charge is -2.38. The summed E-state index contributed by atoms with van der Waals surface area (Å²) in [5, 5.41) is 2.89. The van der Waals surface area contributed by atoms with E-state index in [1.54, 1.807) is 0 Å². The van der Waals surface area contributed by atoms with Gasteiger partial charge in [-0.25, -0.2) is 0 Å². The maximum absolute atomic E-state index is 11.8. The van der Waals surface area contributed by atoms with Gasteiger partial charge in [0.1, 0.15) is 0 Å². The predicted octanol–water partition coefficient (Wildman–Crippen LogP) is 1.33. The van der Waals surface area contributed by atoms with Crippen molar-refractivity contribution in [3.8, 4) is 0 Å². The van der Waals surface area contributed by atoms with E-state index in [1.165, 1.54) is 5.69 Å². The molecule has 1 aromatic carbocycles. The molecule has 4 heteroatoms. The third kappa shape index (κ3) is 3.47. The molecule has 0 saturated carbocycles. The van der Waals surface area contributed by atoms with Crippen molar-refractivity contribution in [1.29, 1.82) is 0 Å². The minimum Gasteiger partial charge on any atom is -0.369 e. The highest BCUT2D eigenvalue weighted by molar-refractivity contribution is 5.81. The van der Waals surface area contributed by atoms with Gasteiger partial charge in [-0.05, 0) is 26.0 Å². The van der Waals surface area contributed by atoms with E-state index in [-0.39, 0.29) is 11.9 Å². The monoisotopic (exact) mass is 261 g/mol. The molecule has 2 rings (SSSR count). The number of para-hydroxylation sites is 1. The molecule has 1 aliphatic rings. The molecule has 1 saturated heterocycles. The van der Waals surface area contributed by atoms with Crippen LogP contribution in [0.4, 0.5) is 5.69 Å². The second-order valence-corrected chi connectivity index (χ2v) is 4.93. The smallest absolute Gasteiger partial charge is 0.237 e. The van der Waals surface area contributed by atoms with E-state index in [4.69, 9.17) is 0 Å². The summed E-state index contributed by atoms with van der Waals surface area (Å²) in [5.41, 5.74) is 1.27. The first-order valence-electron chi connectivity index (χ1n) is 7.04. The average Bonchev–Trinajstić information content (AvgIpc) is 2.48. The van der Waals surface area contributed by atoms with Crippen molar-refractivity contribution in [2.24, 2.45) is 0 Å². The summed E-state index contributed by atoms with van der Waals surface area (Å²) in [6.07, 6.45) is 0. The molecule has 1 aromatic rings. The summed E-state index contributed by atoms with van der Waals surface area (Å²) in [7, 11) is 0.